The number of nitrogens with one attached hydrogen (secondary N) is 1. The molecule has 0 atom stereocenters. The van der Waals surface area contributed by atoms with Gasteiger partial charge in [-0.25, -0.2) is 0 Å². The van der Waals surface area contributed by atoms with Crippen molar-refractivity contribution < 1.29 is 4.74 Å². The van der Waals surface area contributed by atoms with Crippen LogP contribution in [0, 0.1) is 0 Å². The van der Waals surface area contributed by atoms with Crippen LogP contribution in [0.2, 0.25) is 5.02 Å². The van der Waals surface area contributed by atoms with Gasteiger partial charge in [0.25, 0.3) is 0 Å². The molecule has 7 heteroatoms. The molecule has 1 N–H and O–H groups in total. The maximum atomic E-state index is 6.14. The van der Waals surface area contributed by atoms with E-state index >= 15 is 0 Å². The minimum Gasteiger partial charge on any atom is -0.381 e. The number of ether oxygens (including phenoxy) is 1. The molecule has 2 heterocycles. The fourth-order valence-corrected chi connectivity index (χ4v) is 4.10. The Balaban J connectivity index is 0.00000300. The minimum atomic E-state index is 0. The number of aryl methyl sites for hydroxylation is 1. The first-order chi connectivity index (χ1) is 13.5. The molecule has 1 saturated heterocycles. The van der Waals surface area contributed by atoms with E-state index in [1.54, 1.807) is 0 Å². The lowest BCUT2D eigenvalue weighted by Crippen LogP contribution is -2.42. The van der Waals surface area contributed by atoms with Gasteiger partial charge in [-0.3, -0.25) is 4.99 Å². The number of hydrogen-bond donors (Lipinski definition) is 1. The van der Waals surface area contributed by atoms with Crippen molar-refractivity contribution >= 4 is 41.5 Å². The predicted octanol–water partition coefficient (Wildman–Crippen LogP) is 4.44. The number of hydrogen-bond acceptors (Lipinski definition) is 2. The topological polar surface area (TPSA) is 41.8 Å². The Morgan fingerprint density at radius 1 is 1.28 bits per heavy atom. The monoisotopic (exact) mass is 530 g/mol. The van der Waals surface area contributed by atoms with Gasteiger partial charge in [0.2, 0.25) is 0 Å². The van der Waals surface area contributed by atoms with E-state index in [2.05, 4.69) is 59.1 Å². The summed E-state index contributed by atoms with van der Waals surface area (Å²) in [5.74, 6) is 0.918. The second-order valence-corrected chi connectivity index (χ2v) is 7.98. The van der Waals surface area contributed by atoms with Crippen LogP contribution in [0.25, 0.3) is 0 Å². The summed E-state index contributed by atoms with van der Waals surface area (Å²) in [7, 11) is 4.09. The van der Waals surface area contributed by atoms with E-state index in [0.29, 0.717) is 0 Å². The predicted molar refractivity (Wildman–Crippen MR) is 131 cm³/mol. The maximum absolute atomic E-state index is 6.14. The Morgan fingerprint density at radius 3 is 2.55 bits per heavy atom. The summed E-state index contributed by atoms with van der Waals surface area (Å²) in [6.07, 6.45) is 3.93. The largest absolute Gasteiger partial charge is 0.381 e. The van der Waals surface area contributed by atoms with E-state index in [0.717, 1.165) is 62.4 Å². The van der Waals surface area contributed by atoms with Gasteiger partial charge in [-0.05, 0) is 31.4 Å². The average Bonchev–Trinajstić information content (AvgIpc) is 3.03. The zero-order valence-corrected chi connectivity index (χ0v) is 20.6. The van der Waals surface area contributed by atoms with Crippen molar-refractivity contribution in [1.29, 1.82) is 0 Å². The maximum Gasteiger partial charge on any atom is 0.194 e. The highest BCUT2D eigenvalue weighted by Crippen LogP contribution is 2.35. The second kappa shape index (κ2) is 11.2. The molecule has 160 valence electrons. The molecule has 0 unspecified atom stereocenters. The van der Waals surface area contributed by atoms with Gasteiger partial charge in [0.1, 0.15) is 0 Å². The molecule has 5 nitrogen and oxygen atoms in total. The third-order valence-corrected chi connectivity index (χ3v) is 5.74. The number of guanidine groups is 1. The average molecular weight is 531 g/mol. The van der Waals surface area contributed by atoms with Crippen molar-refractivity contribution in [2.24, 2.45) is 12.0 Å². The summed E-state index contributed by atoms with van der Waals surface area (Å²) in [5.41, 5.74) is 2.55. The van der Waals surface area contributed by atoms with E-state index < -0.39 is 0 Å². The molecule has 1 fully saturated rings. The molecular formula is C22H32ClIN4O. The van der Waals surface area contributed by atoms with Gasteiger partial charge in [0.15, 0.2) is 5.96 Å². The van der Waals surface area contributed by atoms with Gasteiger partial charge in [-0.2, -0.15) is 0 Å². The Bertz CT molecular complexity index is 787. The Labute approximate surface area is 196 Å². The molecular weight excluding hydrogens is 499 g/mol. The van der Waals surface area contributed by atoms with Crippen LogP contribution in [0.3, 0.4) is 0 Å². The zero-order valence-electron chi connectivity index (χ0n) is 17.5. The van der Waals surface area contributed by atoms with Crippen LogP contribution in [0.4, 0.5) is 0 Å². The fourth-order valence-electron chi connectivity index (χ4n) is 3.83. The van der Waals surface area contributed by atoms with Crippen molar-refractivity contribution in [1.82, 2.24) is 14.8 Å². The lowest BCUT2D eigenvalue weighted by atomic mass is 9.74. The molecule has 0 spiro atoms. The van der Waals surface area contributed by atoms with Crippen molar-refractivity contribution in [3.05, 3.63) is 58.9 Å². The lowest BCUT2D eigenvalue weighted by molar-refractivity contribution is 0.0530. The minimum absolute atomic E-state index is 0. The summed E-state index contributed by atoms with van der Waals surface area (Å²) in [6.45, 7) is 6.01. The van der Waals surface area contributed by atoms with Crippen molar-refractivity contribution in [3.8, 4) is 0 Å². The van der Waals surface area contributed by atoms with E-state index in [1.807, 2.05) is 19.3 Å². The van der Waals surface area contributed by atoms with Crippen molar-refractivity contribution in [2.75, 3.05) is 33.4 Å². The molecule has 1 aliphatic rings. The summed E-state index contributed by atoms with van der Waals surface area (Å²) in [6, 6.07) is 12.8. The van der Waals surface area contributed by atoms with Gasteiger partial charge >= 0.3 is 0 Å². The fraction of sp³-hybridized carbons (Fsp3) is 0.500. The van der Waals surface area contributed by atoms with Crippen LogP contribution in [-0.4, -0.2) is 48.8 Å². The molecule has 1 aromatic heterocycles. The lowest BCUT2D eigenvalue weighted by Gasteiger charge is -2.37. The van der Waals surface area contributed by atoms with Crippen LogP contribution in [-0.2, 0) is 23.7 Å². The van der Waals surface area contributed by atoms with Crippen molar-refractivity contribution in [2.45, 2.75) is 31.7 Å². The first kappa shape index (κ1) is 24.0. The van der Waals surface area contributed by atoms with Crippen LogP contribution in [0.1, 0.15) is 31.0 Å². The molecule has 0 bridgehead atoms. The SMILES string of the molecule is CCNC(=NCC1(c2ccccc2)CCOCC1)N(C)Cc1cc(Cl)cn1C.I. The second-order valence-electron chi connectivity index (χ2n) is 7.55. The summed E-state index contributed by atoms with van der Waals surface area (Å²) >= 11 is 6.14. The molecule has 0 aliphatic carbocycles. The highest BCUT2D eigenvalue weighted by atomic mass is 127. The molecule has 1 aromatic carbocycles. The molecule has 2 aromatic rings. The summed E-state index contributed by atoms with van der Waals surface area (Å²) < 4.78 is 7.71. The first-order valence-corrected chi connectivity index (χ1v) is 10.4. The highest BCUT2D eigenvalue weighted by Gasteiger charge is 2.34. The quantitative estimate of drug-likeness (QED) is 0.341. The Kier molecular flexibility index (Phi) is 9.30. The Morgan fingerprint density at radius 2 is 1.97 bits per heavy atom. The molecule has 0 amide bonds. The van der Waals surface area contributed by atoms with Crippen LogP contribution in [0.5, 0.6) is 0 Å². The standard InChI is InChI=1S/C22H31ClN4O.HI/c1-4-24-21(27(3)16-20-14-19(23)15-26(20)2)25-17-22(10-12-28-13-11-22)18-8-6-5-7-9-18;/h5-9,14-15H,4,10-13,16-17H2,1-3H3,(H,24,25);1H. The van der Waals surface area contributed by atoms with Gasteiger partial charge in [0.05, 0.1) is 18.1 Å². The number of halogens is 2. The summed E-state index contributed by atoms with van der Waals surface area (Å²) in [5, 5.41) is 4.20. The number of aromatic nitrogens is 1. The molecule has 29 heavy (non-hydrogen) atoms. The number of benzene rings is 1. The van der Waals surface area contributed by atoms with Crippen molar-refractivity contribution in [3.63, 3.8) is 0 Å². The normalized spacial score (nSPS) is 16.2. The van der Waals surface area contributed by atoms with E-state index in [1.165, 1.54) is 5.56 Å². The van der Waals surface area contributed by atoms with Crippen LogP contribution in [0.15, 0.2) is 47.6 Å². The van der Waals surface area contributed by atoms with Gasteiger partial charge < -0.3 is 19.5 Å². The smallest absolute Gasteiger partial charge is 0.194 e. The number of rotatable bonds is 6. The number of aliphatic imine (C=N–C) groups is 1. The Hall–Kier alpha value is -1.25. The van der Waals surface area contributed by atoms with Crippen LogP contribution >= 0.6 is 35.6 Å². The molecule has 0 radical (unpaired) electrons. The van der Waals surface area contributed by atoms with E-state index in [4.69, 9.17) is 21.3 Å². The van der Waals surface area contributed by atoms with E-state index in [-0.39, 0.29) is 29.4 Å². The zero-order chi connectivity index (χ0) is 20.0. The first-order valence-electron chi connectivity index (χ1n) is 9.97. The molecule has 1 aliphatic heterocycles. The summed E-state index contributed by atoms with van der Waals surface area (Å²) in [4.78, 5) is 7.21. The third kappa shape index (κ3) is 6.12. The molecule has 0 saturated carbocycles. The van der Waals surface area contributed by atoms with Crippen LogP contribution < -0.4 is 5.32 Å². The van der Waals surface area contributed by atoms with Gasteiger partial charge in [-0.1, -0.05) is 41.9 Å². The van der Waals surface area contributed by atoms with E-state index in [9.17, 15) is 0 Å². The van der Waals surface area contributed by atoms with Gasteiger partial charge in [0, 0.05) is 51.2 Å². The number of nitrogens with zero attached hydrogens (tertiary/aromatic N) is 3. The highest BCUT2D eigenvalue weighted by molar-refractivity contribution is 14.0. The van der Waals surface area contributed by atoms with Gasteiger partial charge in [-0.15, -0.1) is 24.0 Å². The third-order valence-electron chi connectivity index (χ3n) is 5.54. The molecule has 3 rings (SSSR count).